The van der Waals surface area contributed by atoms with Gasteiger partial charge in [0, 0.05) is 12.5 Å². The van der Waals surface area contributed by atoms with Gasteiger partial charge < -0.3 is 18.9 Å². The van der Waals surface area contributed by atoms with Crippen LogP contribution in [-0.4, -0.2) is 37.3 Å². The van der Waals surface area contributed by atoms with E-state index in [1.807, 2.05) is 42.5 Å². The van der Waals surface area contributed by atoms with Crippen molar-refractivity contribution in [1.82, 2.24) is 4.57 Å². The number of fused-ring (bicyclic) bond motifs is 1. The van der Waals surface area contributed by atoms with Crippen molar-refractivity contribution in [2.45, 2.75) is 19.9 Å². The molecule has 11 heteroatoms. The minimum Gasteiger partial charge on any atom is -0.497 e. The third kappa shape index (κ3) is 6.04. The van der Waals surface area contributed by atoms with E-state index < -0.39 is 18.0 Å². The average Bonchev–Trinajstić information content (AvgIpc) is 3.31. The fourth-order valence-corrected chi connectivity index (χ4v) is 6.33. The molecule has 4 aromatic rings. The van der Waals surface area contributed by atoms with E-state index in [-0.39, 0.29) is 23.5 Å². The van der Waals surface area contributed by atoms with E-state index in [0.717, 1.165) is 0 Å². The second-order valence-corrected chi connectivity index (χ2v) is 11.2. The largest absolute Gasteiger partial charge is 0.497 e. The lowest BCUT2D eigenvalue weighted by Gasteiger charge is -2.26. The first-order valence-electron chi connectivity index (χ1n) is 13.2. The fourth-order valence-electron chi connectivity index (χ4n) is 4.78. The minimum absolute atomic E-state index is 0.152. The molecule has 9 nitrogen and oxygen atoms in total. The number of carbonyl (C=O) groups is 2. The van der Waals surface area contributed by atoms with Gasteiger partial charge in [0.2, 0.25) is 0 Å². The van der Waals surface area contributed by atoms with Crippen molar-refractivity contribution in [2.24, 2.45) is 4.99 Å². The van der Waals surface area contributed by atoms with Gasteiger partial charge in [0.25, 0.3) is 5.56 Å². The van der Waals surface area contributed by atoms with Gasteiger partial charge in [-0.2, -0.15) is 0 Å². The predicted molar refractivity (Wildman–Crippen MR) is 166 cm³/mol. The topological polar surface area (TPSA) is 105 Å². The van der Waals surface area contributed by atoms with Gasteiger partial charge in [-0.15, -0.1) is 0 Å². The first kappa shape index (κ1) is 30.0. The smallest absolute Gasteiger partial charge is 0.338 e. The summed E-state index contributed by atoms with van der Waals surface area (Å²) in [6.45, 7) is 3.18. The molecule has 0 saturated carbocycles. The minimum atomic E-state index is -0.838. The summed E-state index contributed by atoms with van der Waals surface area (Å²) in [5.74, 6) is 0.0594. The lowest BCUT2D eigenvalue weighted by atomic mass is 9.93. The van der Waals surface area contributed by atoms with Crippen LogP contribution in [0.4, 0.5) is 0 Å². The van der Waals surface area contributed by atoms with Crippen LogP contribution in [0.2, 0.25) is 0 Å². The molecule has 0 spiro atoms. The number of methoxy groups -OCH3 is 2. The van der Waals surface area contributed by atoms with Crippen LogP contribution in [-0.2, 0) is 14.3 Å². The summed E-state index contributed by atoms with van der Waals surface area (Å²) in [6.07, 6.45) is 1.70. The second kappa shape index (κ2) is 12.8. The molecule has 1 aromatic heterocycles. The number of esters is 2. The Morgan fingerprint density at radius 3 is 2.49 bits per heavy atom. The number of benzene rings is 3. The van der Waals surface area contributed by atoms with Crippen LogP contribution in [0.5, 0.6) is 17.2 Å². The molecule has 0 aliphatic carbocycles. The van der Waals surface area contributed by atoms with E-state index >= 15 is 0 Å². The molecular weight excluding hydrogens is 636 g/mol. The van der Waals surface area contributed by atoms with Crippen molar-refractivity contribution in [3.05, 3.63) is 113 Å². The third-order valence-corrected chi connectivity index (χ3v) is 8.15. The van der Waals surface area contributed by atoms with Gasteiger partial charge in [-0.3, -0.25) is 14.2 Å². The molecule has 1 aliphatic rings. The Hall–Kier alpha value is -4.48. The lowest BCUT2D eigenvalue weighted by Crippen LogP contribution is -2.40. The Labute approximate surface area is 259 Å². The van der Waals surface area contributed by atoms with Gasteiger partial charge in [0.05, 0.1) is 47.1 Å². The highest BCUT2D eigenvalue weighted by Gasteiger charge is 2.35. The average molecular weight is 664 g/mol. The van der Waals surface area contributed by atoms with Crippen molar-refractivity contribution < 1.29 is 28.5 Å². The number of thiazole rings is 1. The maximum absolute atomic E-state index is 14.1. The molecule has 0 radical (unpaired) electrons. The summed E-state index contributed by atoms with van der Waals surface area (Å²) in [5.41, 5.74) is 2.32. The first-order valence-corrected chi connectivity index (χ1v) is 14.8. The summed E-state index contributed by atoms with van der Waals surface area (Å²) in [6, 6.07) is 19.1. The summed E-state index contributed by atoms with van der Waals surface area (Å²) < 4.78 is 24.1. The maximum Gasteiger partial charge on any atom is 0.338 e. The van der Waals surface area contributed by atoms with Crippen LogP contribution in [0.3, 0.4) is 0 Å². The second-order valence-electron chi connectivity index (χ2n) is 9.34. The molecule has 43 heavy (non-hydrogen) atoms. The Kier molecular flexibility index (Phi) is 8.93. The zero-order valence-electron chi connectivity index (χ0n) is 23.8. The molecule has 2 heterocycles. The number of rotatable bonds is 8. The molecule has 1 aliphatic heterocycles. The highest BCUT2D eigenvalue weighted by atomic mass is 79.9. The molecule has 0 fully saturated rings. The molecule has 3 aromatic carbocycles. The Bertz CT molecular complexity index is 1930. The summed E-state index contributed by atoms with van der Waals surface area (Å²) in [4.78, 5) is 44.6. The Balaban J connectivity index is 1.79. The lowest BCUT2D eigenvalue weighted by molar-refractivity contribution is -0.139. The van der Waals surface area contributed by atoms with E-state index in [4.69, 9.17) is 23.9 Å². The molecule has 0 N–H and O–H groups in total. The van der Waals surface area contributed by atoms with E-state index in [1.165, 1.54) is 29.9 Å². The molecule has 0 unspecified atom stereocenters. The monoisotopic (exact) mass is 662 g/mol. The fraction of sp³-hybridized carbons (Fsp3) is 0.188. The van der Waals surface area contributed by atoms with Crippen LogP contribution in [0.1, 0.15) is 36.6 Å². The number of halogens is 1. The van der Waals surface area contributed by atoms with Crippen molar-refractivity contribution in [3.8, 4) is 17.2 Å². The van der Waals surface area contributed by atoms with Crippen molar-refractivity contribution >= 4 is 51.0 Å². The van der Waals surface area contributed by atoms with E-state index in [0.29, 0.717) is 47.7 Å². The van der Waals surface area contributed by atoms with Crippen molar-refractivity contribution in [1.29, 1.82) is 0 Å². The number of nitrogens with zero attached hydrogens (tertiary/aromatic N) is 2. The van der Waals surface area contributed by atoms with Crippen LogP contribution >= 0.6 is 27.3 Å². The Morgan fingerprint density at radius 1 is 1.05 bits per heavy atom. The van der Waals surface area contributed by atoms with Gasteiger partial charge in [0.15, 0.2) is 16.3 Å². The zero-order chi connectivity index (χ0) is 30.7. The molecular formula is C32H27BrN2O7S. The van der Waals surface area contributed by atoms with E-state index in [9.17, 15) is 14.4 Å². The van der Waals surface area contributed by atoms with Gasteiger partial charge in [-0.05, 0) is 64.3 Å². The summed E-state index contributed by atoms with van der Waals surface area (Å²) >= 11 is 4.63. The van der Waals surface area contributed by atoms with Gasteiger partial charge >= 0.3 is 11.9 Å². The van der Waals surface area contributed by atoms with E-state index in [2.05, 4.69) is 15.9 Å². The van der Waals surface area contributed by atoms with Crippen LogP contribution in [0.15, 0.2) is 86.6 Å². The van der Waals surface area contributed by atoms with Crippen LogP contribution < -0.4 is 29.1 Å². The van der Waals surface area contributed by atoms with Crippen molar-refractivity contribution in [3.63, 3.8) is 0 Å². The number of hydrogen-bond donors (Lipinski definition) is 0. The molecule has 0 amide bonds. The zero-order valence-corrected chi connectivity index (χ0v) is 26.2. The number of hydrogen-bond acceptors (Lipinski definition) is 9. The van der Waals surface area contributed by atoms with Gasteiger partial charge in [-0.25, -0.2) is 9.79 Å². The number of aromatic nitrogens is 1. The summed E-state index contributed by atoms with van der Waals surface area (Å²) in [7, 11) is 3.02. The molecule has 5 rings (SSSR count). The number of ether oxygens (including phenoxy) is 4. The highest BCUT2D eigenvalue weighted by Crippen LogP contribution is 2.38. The molecule has 0 saturated heterocycles. The van der Waals surface area contributed by atoms with Gasteiger partial charge in [0.1, 0.15) is 5.75 Å². The highest BCUT2D eigenvalue weighted by molar-refractivity contribution is 9.10. The first-order chi connectivity index (χ1) is 20.7. The molecule has 1 atom stereocenters. The van der Waals surface area contributed by atoms with Crippen molar-refractivity contribution in [2.75, 3.05) is 20.8 Å². The SMILES string of the molecule is CCOC(=O)C1=C(c2ccccc2)N=c2s/c(=C\c3cc(Br)c(OC(C)=O)c(OC)c3)c(=O)n2[C@H]1c1cccc(OC)c1. The van der Waals surface area contributed by atoms with E-state index in [1.54, 1.807) is 44.4 Å². The quantitative estimate of drug-likeness (QED) is 0.200. The normalized spacial score (nSPS) is 14.5. The molecule has 0 bridgehead atoms. The molecule has 220 valence electrons. The van der Waals surface area contributed by atoms with Crippen LogP contribution in [0.25, 0.3) is 11.8 Å². The number of carbonyl (C=O) groups excluding carboxylic acids is 2. The van der Waals surface area contributed by atoms with Crippen LogP contribution in [0, 0.1) is 0 Å². The third-order valence-electron chi connectivity index (χ3n) is 6.58. The standard InChI is InChI=1S/C32H27BrN2O7S/c1-5-41-31(38)26-27(20-10-7-6-8-11-20)34-32-35(28(26)21-12-9-13-22(17-21)39-3)30(37)25(43-32)16-19-14-23(33)29(42-18(2)36)24(15-19)40-4/h6-17,28H,5H2,1-4H3/b25-16-/t28-/m0/s1. The Morgan fingerprint density at radius 2 is 1.81 bits per heavy atom. The summed E-state index contributed by atoms with van der Waals surface area (Å²) in [5, 5.41) is 0. The van der Waals surface area contributed by atoms with Gasteiger partial charge in [-0.1, -0.05) is 53.8 Å². The maximum atomic E-state index is 14.1. The predicted octanol–water partition coefficient (Wildman–Crippen LogP) is 4.64.